The summed E-state index contributed by atoms with van der Waals surface area (Å²) in [6.45, 7) is 10.9. The van der Waals surface area contributed by atoms with Crippen molar-refractivity contribution in [2.45, 2.75) is 40.0 Å². The van der Waals surface area contributed by atoms with Crippen LogP contribution in [0.15, 0.2) is 192 Å². The van der Waals surface area contributed by atoms with Crippen molar-refractivity contribution < 1.29 is 0 Å². The molecule has 0 atom stereocenters. The molecule has 67 heavy (non-hydrogen) atoms. The van der Waals surface area contributed by atoms with Gasteiger partial charge < -0.3 is 13.9 Å². The number of anilines is 3. The van der Waals surface area contributed by atoms with E-state index in [1.54, 1.807) is 0 Å². The zero-order chi connectivity index (χ0) is 45.5. The summed E-state index contributed by atoms with van der Waals surface area (Å²) in [6.07, 6.45) is 0. The smallest absolute Gasteiger partial charge is 0.197 e. The van der Waals surface area contributed by atoms with Crippen molar-refractivity contribution in [2.24, 2.45) is 0 Å². The monoisotopic (exact) mass is 863 g/mol. The van der Waals surface area contributed by atoms with E-state index in [1.807, 2.05) is 24.3 Å². The largest absolute Gasteiger partial charge is 0.310 e. The van der Waals surface area contributed by atoms with Crippen molar-refractivity contribution in [3.8, 4) is 27.9 Å². The lowest BCUT2D eigenvalue weighted by Gasteiger charge is -2.28. The fraction of sp³-hybridized carbons (Fsp3) is 0.0968. The molecule has 320 valence electrons. The van der Waals surface area contributed by atoms with Crippen LogP contribution in [0.5, 0.6) is 0 Å². The molecule has 3 heterocycles. The highest BCUT2D eigenvalue weighted by Gasteiger charge is 2.36. The van der Waals surface area contributed by atoms with Crippen molar-refractivity contribution in [3.05, 3.63) is 230 Å². The second-order valence-electron chi connectivity index (χ2n) is 19.0. The van der Waals surface area contributed by atoms with Crippen molar-refractivity contribution in [3.63, 3.8) is 0 Å². The van der Waals surface area contributed by atoms with E-state index in [0.29, 0.717) is 27.1 Å². The van der Waals surface area contributed by atoms with Crippen LogP contribution < -0.4 is 15.8 Å². The molecule has 0 radical (unpaired) electrons. The van der Waals surface area contributed by atoms with Crippen molar-refractivity contribution in [1.29, 1.82) is 0 Å². The molecule has 12 aromatic rings. The van der Waals surface area contributed by atoms with E-state index in [2.05, 4.69) is 206 Å². The van der Waals surface area contributed by atoms with Gasteiger partial charge in [0.2, 0.25) is 0 Å². The Balaban J connectivity index is 1.11. The molecular weight excluding hydrogens is 819 g/mol. The number of rotatable bonds is 5. The average molecular weight is 864 g/mol. The van der Waals surface area contributed by atoms with Crippen molar-refractivity contribution in [2.75, 3.05) is 4.90 Å². The standard InChI is InChI=1S/C62H45N3O2/c1-36-29-37(2)58(38(3)30-36)39-31-50-59-51(32-39)61(67)49-34-42(64-54-21-13-10-18-46(54)47-19-11-14-22-55(47)64)25-28-57(49)65(59)56-27-24-41(33-48(56)60(50)66)63(40-15-7-6-8-16-40)43-23-26-45-44-17-9-12-20-52(44)62(4,5)53(45)35-43/h6-35H,1-5H3. The molecule has 0 bridgehead atoms. The number of aryl methyl sites for hydroxylation is 3. The molecule has 0 fully saturated rings. The van der Waals surface area contributed by atoms with Gasteiger partial charge in [0, 0.05) is 60.5 Å². The molecule has 0 unspecified atom stereocenters. The van der Waals surface area contributed by atoms with E-state index in [1.165, 1.54) is 27.8 Å². The van der Waals surface area contributed by atoms with Crippen LogP contribution in [-0.2, 0) is 5.41 Å². The van der Waals surface area contributed by atoms with Crippen LogP contribution >= 0.6 is 0 Å². The minimum Gasteiger partial charge on any atom is -0.310 e. The zero-order valence-corrected chi connectivity index (χ0v) is 38.0. The Kier molecular flexibility index (Phi) is 8.24. The molecular formula is C62H45N3O2. The molecule has 0 amide bonds. The maximum absolute atomic E-state index is 15.5. The van der Waals surface area contributed by atoms with Crippen LogP contribution in [0.25, 0.3) is 87.8 Å². The van der Waals surface area contributed by atoms with Crippen molar-refractivity contribution >= 4 is 77.0 Å². The molecule has 0 aliphatic heterocycles. The summed E-state index contributed by atoms with van der Waals surface area (Å²) in [5, 5.41) is 4.52. The van der Waals surface area contributed by atoms with Crippen LogP contribution in [0.4, 0.5) is 17.1 Å². The Morgan fingerprint density at radius 3 is 1.67 bits per heavy atom. The summed E-state index contributed by atoms with van der Waals surface area (Å²) >= 11 is 0. The summed E-state index contributed by atoms with van der Waals surface area (Å²) < 4.78 is 4.42. The normalized spacial score (nSPS) is 13.1. The predicted molar refractivity (Wildman–Crippen MR) is 280 cm³/mol. The summed E-state index contributed by atoms with van der Waals surface area (Å²) in [4.78, 5) is 33.1. The van der Waals surface area contributed by atoms with Gasteiger partial charge in [0.1, 0.15) is 0 Å². The molecule has 13 rings (SSSR count). The summed E-state index contributed by atoms with van der Waals surface area (Å²) in [5.74, 6) is 0. The average Bonchev–Trinajstić information content (AvgIpc) is 3.79. The lowest BCUT2D eigenvalue weighted by molar-refractivity contribution is 0.660. The third-order valence-corrected chi connectivity index (χ3v) is 14.7. The number of hydrogen-bond donors (Lipinski definition) is 0. The summed E-state index contributed by atoms with van der Waals surface area (Å²) in [6, 6.07) is 63.6. The molecule has 9 aromatic carbocycles. The number of nitrogens with zero attached hydrogens (tertiary/aromatic N) is 3. The van der Waals surface area contributed by atoms with Crippen molar-refractivity contribution in [1.82, 2.24) is 8.97 Å². The van der Waals surface area contributed by atoms with Gasteiger partial charge in [-0.1, -0.05) is 116 Å². The molecule has 0 spiro atoms. The first kappa shape index (κ1) is 39.1. The van der Waals surface area contributed by atoms with Crippen LogP contribution in [0.1, 0.15) is 41.7 Å². The maximum atomic E-state index is 15.5. The van der Waals surface area contributed by atoms with Gasteiger partial charge in [-0.2, -0.15) is 0 Å². The van der Waals surface area contributed by atoms with Gasteiger partial charge in [0.05, 0.1) is 27.6 Å². The van der Waals surface area contributed by atoms with Crippen LogP contribution in [0, 0.1) is 20.8 Å². The lowest BCUT2D eigenvalue weighted by atomic mass is 9.82. The number of benzene rings is 9. The number of hydrogen-bond acceptors (Lipinski definition) is 3. The van der Waals surface area contributed by atoms with Gasteiger partial charge in [-0.3, -0.25) is 9.59 Å². The Morgan fingerprint density at radius 1 is 0.433 bits per heavy atom. The molecule has 1 aliphatic carbocycles. The fourth-order valence-electron chi connectivity index (χ4n) is 11.8. The third kappa shape index (κ3) is 5.55. The molecule has 0 saturated carbocycles. The molecule has 5 heteroatoms. The van der Waals surface area contributed by atoms with Crippen LogP contribution in [-0.4, -0.2) is 8.97 Å². The first-order chi connectivity index (χ1) is 32.6. The second kappa shape index (κ2) is 14.1. The van der Waals surface area contributed by atoms with E-state index in [0.717, 1.165) is 77.8 Å². The van der Waals surface area contributed by atoms with Gasteiger partial charge >= 0.3 is 0 Å². The SMILES string of the molecule is Cc1cc(C)c(-c2cc3c(=O)c4cc(N(c5ccccc5)c5ccc6c(c5)C(C)(C)c5ccccc5-6)ccc4n4c5ccc(-n6c7ccccc7c7ccccc76)cc5c(=O)c(c2)c34)c(C)c1. The van der Waals surface area contributed by atoms with Gasteiger partial charge in [-0.25, -0.2) is 0 Å². The first-order valence-corrected chi connectivity index (χ1v) is 23.1. The first-order valence-electron chi connectivity index (χ1n) is 23.1. The van der Waals surface area contributed by atoms with E-state index in [9.17, 15) is 0 Å². The molecule has 0 saturated heterocycles. The Morgan fingerprint density at radius 2 is 0.985 bits per heavy atom. The van der Waals surface area contributed by atoms with E-state index < -0.39 is 0 Å². The second-order valence-corrected chi connectivity index (χ2v) is 19.0. The number of aromatic nitrogens is 2. The fourth-order valence-corrected chi connectivity index (χ4v) is 11.8. The van der Waals surface area contributed by atoms with Gasteiger partial charge in [0.25, 0.3) is 0 Å². The third-order valence-electron chi connectivity index (χ3n) is 14.7. The highest BCUT2D eigenvalue weighted by atomic mass is 16.1. The quantitative estimate of drug-likeness (QED) is 0.128. The summed E-state index contributed by atoms with van der Waals surface area (Å²) in [5.41, 5.74) is 18.0. The lowest BCUT2D eigenvalue weighted by Crippen LogP contribution is -2.17. The Hall–Kier alpha value is -8.28. The number of para-hydroxylation sites is 3. The van der Waals surface area contributed by atoms with Crippen LogP contribution in [0.2, 0.25) is 0 Å². The maximum Gasteiger partial charge on any atom is 0.197 e. The van der Waals surface area contributed by atoms with Gasteiger partial charge in [-0.15, -0.1) is 0 Å². The number of pyridine rings is 2. The highest BCUT2D eigenvalue weighted by molar-refractivity contribution is 6.12. The highest BCUT2D eigenvalue weighted by Crippen LogP contribution is 2.51. The number of fused-ring (bicyclic) bond motifs is 10. The Labute approximate surface area is 387 Å². The minimum atomic E-state index is -0.191. The zero-order valence-electron chi connectivity index (χ0n) is 38.0. The predicted octanol–water partition coefficient (Wildman–Crippen LogP) is 15.0. The van der Waals surface area contributed by atoms with E-state index >= 15 is 9.59 Å². The van der Waals surface area contributed by atoms with E-state index in [4.69, 9.17) is 0 Å². The molecule has 1 aliphatic rings. The van der Waals surface area contributed by atoms with Crippen LogP contribution in [0.3, 0.4) is 0 Å². The van der Waals surface area contributed by atoms with Gasteiger partial charge in [0.15, 0.2) is 10.9 Å². The molecule has 0 N–H and O–H groups in total. The Bertz CT molecular complexity index is 4140. The van der Waals surface area contributed by atoms with Gasteiger partial charge in [-0.05, 0) is 150 Å². The minimum absolute atomic E-state index is 0.0980. The molecule has 5 nitrogen and oxygen atoms in total. The summed E-state index contributed by atoms with van der Waals surface area (Å²) in [7, 11) is 0. The van der Waals surface area contributed by atoms with E-state index in [-0.39, 0.29) is 16.3 Å². The topological polar surface area (TPSA) is 46.7 Å². The molecule has 3 aromatic heterocycles.